The van der Waals surface area contributed by atoms with E-state index in [1.807, 2.05) is 6.92 Å². The fraction of sp³-hybridized carbons (Fsp3) is 0.0526. The molecule has 0 aliphatic carbocycles. The molecule has 1 amide bonds. The number of imidazole rings is 1. The summed E-state index contributed by atoms with van der Waals surface area (Å²) < 4.78 is 26.9. The molecule has 2 heterocycles. The summed E-state index contributed by atoms with van der Waals surface area (Å²) in [6.45, 7) is 1.87. The molecule has 0 spiro atoms. The lowest BCUT2D eigenvalue weighted by molar-refractivity contribution is 0.102. The molecule has 0 fully saturated rings. The highest BCUT2D eigenvalue weighted by Crippen LogP contribution is 2.23. The smallest absolute Gasteiger partial charge is 0.270 e. The van der Waals surface area contributed by atoms with Gasteiger partial charge in [0.2, 0.25) is 0 Å². The van der Waals surface area contributed by atoms with Crippen LogP contribution in [0.2, 0.25) is 0 Å². The zero-order chi connectivity index (χ0) is 19.7. The Bertz CT molecular complexity index is 1270. The number of fused-ring (bicyclic) bond motifs is 1. The topological polar surface area (TPSA) is 107 Å². The zero-order valence-corrected chi connectivity index (χ0v) is 15.6. The predicted octanol–water partition coefficient (Wildman–Crippen LogP) is 2.62. The van der Waals surface area contributed by atoms with E-state index < -0.39 is 10.0 Å². The zero-order valence-electron chi connectivity index (χ0n) is 14.8. The van der Waals surface area contributed by atoms with E-state index in [0.717, 1.165) is 15.9 Å². The Morgan fingerprint density at radius 2 is 1.68 bits per heavy atom. The number of amides is 1. The van der Waals surface area contributed by atoms with Gasteiger partial charge in [0.25, 0.3) is 15.9 Å². The summed E-state index contributed by atoms with van der Waals surface area (Å²) in [7, 11) is -3.89. The molecule has 0 aliphatic rings. The van der Waals surface area contributed by atoms with Gasteiger partial charge in [-0.2, -0.15) is 0 Å². The normalized spacial score (nSPS) is 11.5. The van der Waals surface area contributed by atoms with Crippen LogP contribution in [0.25, 0.3) is 11.2 Å². The lowest BCUT2D eigenvalue weighted by atomic mass is 10.2. The molecule has 0 aliphatic heterocycles. The Morgan fingerprint density at radius 3 is 2.39 bits per heavy atom. The van der Waals surface area contributed by atoms with Gasteiger partial charge in [-0.25, -0.2) is 27.3 Å². The number of carbonyl (C=O) groups is 1. The number of anilines is 1. The highest BCUT2D eigenvalue weighted by molar-refractivity contribution is 7.90. The lowest BCUT2D eigenvalue weighted by Crippen LogP contribution is -2.14. The van der Waals surface area contributed by atoms with Crippen molar-refractivity contribution in [1.82, 2.24) is 18.9 Å². The van der Waals surface area contributed by atoms with Crippen LogP contribution in [-0.2, 0) is 10.0 Å². The third-order valence-electron chi connectivity index (χ3n) is 4.15. The average Bonchev–Trinajstić information content (AvgIpc) is 3.15. The molecule has 28 heavy (non-hydrogen) atoms. The molecule has 2 aromatic heterocycles. The summed E-state index contributed by atoms with van der Waals surface area (Å²) in [4.78, 5) is 24.7. The van der Waals surface area contributed by atoms with Gasteiger partial charge in [0.05, 0.1) is 4.90 Å². The molecular formula is C19H15N5O3S. The van der Waals surface area contributed by atoms with E-state index in [-0.39, 0.29) is 27.8 Å². The first-order valence-corrected chi connectivity index (χ1v) is 9.77. The fourth-order valence-electron chi connectivity index (χ4n) is 2.67. The van der Waals surface area contributed by atoms with Gasteiger partial charge in [-0.3, -0.25) is 4.79 Å². The summed E-state index contributed by atoms with van der Waals surface area (Å²) in [6, 6.07) is 15.1. The Hall–Kier alpha value is -3.59. The number of rotatable bonds is 4. The monoisotopic (exact) mass is 393 g/mol. The van der Waals surface area contributed by atoms with Crippen LogP contribution in [0.15, 0.2) is 72.1 Å². The highest BCUT2D eigenvalue weighted by Gasteiger charge is 2.22. The number of nitrogens with one attached hydrogen (secondary N) is 1. The standard InChI is InChI=1S/C19H15N5O3S/c1-13-7-9-15(10-8-13)28(26,27)24-12-22-16-17(20-11-21-18(16)24)23-19(25)14-5-3-2-4-6-14/h2-12H,1H3,(H,20,21,23,25). The number of nitrogens with zero attached hydrogens (tertiary/aromatic N) is 4. The van der Waals surface area contributed by atoms with Gasteiger partial charge in [-0.05, 0) is 31.2 Å². The first kappa shape index (κ1) is 17.8. The predicted molar refractivity (Wildman–Crippen MR) is 103 cm³/mol. The molecule has 0 saturated carbocycles. The van der Waals surface area contributed by atoms with Gasteiger partial charge in [0.15, 0.2) is 17.0 Å². The Labute approximate surface area is 161 Å². The van der Waals surface area contributed by atoms with Gasteiger partial charge >= 0.3 is 0 Å². The van der Waals surface area contributed by atoms with Crippen molar-refractivity contribution in [2.75, 3.05) is 5.32 Å². The van der Waals surface area contributed by atoms with Crippen LogP contribution in [0.1, 0.15) is 15.9 Å². The van der Waals surface area contributed by atoms with Crippen molar-refractivity contribution in [2.45, 2.75) is 11.8 Å². The SMILES string of the molecule is Cc1ccc(S(=O)(=O)n2cnc3c(NC(=O)c4ccccc4)ncnc32)cc1. The van der Waals surface area contributed by atoms with Gasteiger partial charge in [-0.1, -0.05) is 35.9 Å². The van der Waals surface area contributed by atoms with Crippen molar-refractivity contribution in [3.05, 3.63) is 78.4 Å². The maximum atomic E-state index is 13.0. The van der Waals surface area contributed by atoms with Crippen LogP contribution in [0.3, 0.4) is 0 Å². The molecule has 0 unspecified atom stereocenters. The minimum Gasteiger partial charge on any atom is -0.305 e. The van der Waals surface area contributed by atoms with E-state index in [2.05, 4.69) is 20.3 Å². The maximum Gasteiger partial charge on any atom is 0.270 e. The molecule has 0 atom stereocenters. The van der Waals surface area contributed by atoms with Gasteiger partial charge in [0.1, 0.15) is 12.7 Å². The number of carbonyl (C=O) groups excluding carboxylic acids is 1. The van der Waals surface area contributed by atoms with Crippen LogP contribution in [-0.4, -0.2) is 33.2 Å². The molecule has 1 N–H and O–H groups in total. The minimum atomic E-state index is -3.89. The van der Waals surface area contributed by atoms with E-state index in [1.165, 1.54) is 18.5 Å². The van der Waals surface area contributed by atoms with Gasteiger partial charge in [0, 0.05) is 5.56 Å². The highest BCUT2D eigenvalue weighted by atomic mass is 32.2. The summed E-state index contributed by atoms with van der Waals surface area (Å²) in [5.41, 5.74) is 1.66. The Morgan fingerprint density at radius 1 is 0.964 bits per heavy atom. The second-order valence-corrected chi connectivity index (χ2v) is 7.89. The van der Waals surface area contributed by atoms with E-state index in [4.69, 9.17) is 0 Å². The van der Waals surface area contributed by atoms with Crippen molar-refractivity contribution in [3.8, 4) is 0 Å². The minimum absolute atomic E-state index is 0.0823. The molecule has 140 valence electrons. The van der Waals surface area contributed by atoms with E-state index >= 15 is 0 Å². The summed E-state index contributed by atoms with van der Waals surface area (Å²) in [5.74, 6) is -0.242. The van der Waals surface area contributed by atoms with Crippen molar-refractivity contribution < 1.29 is 13.2 Å². The number of aromatic nitrogens is 4. The molecule has 2 aromatic carbocycles. The fourth-order valence-corrected chi connectivity index (χ4v) is 3.91. The molecule has 9 heteroatoms. The number of hydrogen-bond acceptors (Lipinski definition) is 6. The van der Waals surface area contributed by atoms with Crippen LogP contribution >= 0.6 is 0 Å². The summed E-state index contributed by atoms with van der Waals surface area (Å²) in [6.07, 6.45) is 2.35. The molecular weight excluding hydrogens is 378 g/mol. The van der Waals surface area contributed by atoms with Crippen LogP contribution in [0, 0.1) is 6.92 Å². The third kappa shape index (κ3) is 3.12. The lowest BCUT2D eigenvalue weighted by Gasteiger charge is -2.07. The molecule has 4 rings (SSSR count). The maximum absolute atomic E-state index is 13.0. The van der Waals surface area contributed by atoms with Crippen molar-refractivity contribution in [2.24, 2.45) is 0 Å². The number of benzene rings is 2. The Balaban J connectivity index is 1.75. The molecule has 0 bridgehead atoms. The van der Waals surface area contributed by atoms with Gasteiger partial charge < -0.3 is 5.32 Å². The van der Waals surface area contributed by atoms with Crippen molar-refractivity contribution in [1.29, 1.82) is 0 Å². The van der Waals surface area contributed by atoms with Crippen LogP contribution < -0.4 is 5.32 Å². The van der Waals surface area contributed by atoms with E-state index in [0.29, 0.717) is 5.56 Å². The van der Waals surface area contributed by atoms with Crippen LogP contribution in [0.4, 0.5) is 5.82 Å². The van der Waals surface area contributed by atoms with E-state index in [9.17, 15) is 13.2 Å². The number of aryl methyl sites for hydroxylation is 1. The molecule has 4 aromatic rings. The summed E-state index contributed by atoms with van der Waals surface area (Å²) >= 11 is 0. The first-order chi connectivity index (χ1) is 13.5. The second kappa shape index (κ2) is 6.86. The molecule has 8 nitrogen and oxygen atoms in total. The quantitative estimate of drug-likeness (QED) is 0.571. The third-order valence-corrected chi connectivity index (χ3v) is 5.80. The summed E-state index contributed by atoms with van der Waals surface area (Å²) in [5, 5.41) is 2.65. The van der Waals surface area contributed by atoms with Crippen molar-refractivity contribution in [3.63, 3.8) is 0 Å². The largest absolute Gasteiger partial charge is 0.305 e. The molecule has 0 saturated heterocycles. The number of hydrogen-bond donors (Lipinski definition) is 1. The van der Waals surface area contributed by atoms with E-state index in [1.54, 1.807) is 42.5 Å². The van der Waals surface area contributed by atoms with Gasteiger partial charge in [-0.15, -0.1) is 0 Å². The Kier molecular flexibility index (Phi) is 4.36. The van der Waals surface area contributed by atoms with Crippen molar-refractivity contribution >= 4 is 32.9 Å². The average molecular weight is 393 g/mol. The second-order valence-electron chi connectivity index (χ2n) is 6.07. The van der Waals surface area contributed by atoms with Crippen LogP contribution in [0.5, 0.6) is 0 Å². The first-order valence-electron chi connectivity index (χ1n) is 8.33. The molecule has 0 radical (unpaired) electrons.